The molecule has 19 heavy (non-hydrogen) atoms. The topological polar surface area (TPSA) is 37.3 Å². The second-order valence-electron chi connectivity index (χ2n) is 5.02. The lowest BCUT2D eigenvalue weighted by atomic mass is 9.83. The molecule has 0 unspecified atom stereocenters. The standard InChI is InChI=1S/C16H15FO2/c1-16(2,15(18)19)13-5-3-4-12(10-13)11-6-8-14(17)9-7-11/h3-10H,1-2H3,(H,18,19). The van der Waals surface area contributed by atoms with E-state index < -0.39 is 11.4 Å². The highest BCUT2D eigenvalue weighted by atomic mass is 19.1. The molecule has 3 heteroatoms. The third kappa shape index (κ3) is 2.65. The Morgan fingerprint density at radius 2 is 1.68 bits per heavy atom. The lowest BCUT2D eigenvalue weighted by Crippen LogP contribution is -2.28. The molecule has 0 spiro atoms. The Kier molecular flexibility index (Phi) is 3.38. The fourth-order valence-electron chi connectivity index (χ4n) is 1.85. The van der Waals surface area contributed by atoms with Crippen LogP contribution in [0.1, 0.15) is 19.4 Å². The molecule has 2 aromatic carbocycles. The van der Waals surface area contributed by atoms with Crippen LogP contribution in [-0.2, 0) is 10.2 Å². The molecule has 0 saturated carbocycles. The molecule has 0 aliphatic rings. The zero-order chi connectivity index (χ0) is 14.0. The van der Waals surface area contributed by atoms with Crippen molar-refractivity contribution in [3.8, 4) is 11.1 Å². The summed E-state index contributed by atoms with van der Waals surface area (Å²) < 4.78 is 12.9. The van der Waals surface area contributed by atoms with E-state index in [1.807, 2.05) is 18.2 Å². The average molecular weight is 258 g/mol. The summed E-state index contributed by atoms with van der Waals surface area (Å²) in [5, 5.41) is 9.24. The van der Waals surface area contributed by atoms with Gasteiger partial charge in [0.05, 0.1) is 5.41 Å². The van der Waals surface area contributed by atoms with E-state index in [4.69, 9.17) is 0 Å². The molecule has 2 nitrogen and oxygen atoms in total. The predicted molar refractivity (Wildman–Crippen MR) is 72.5 cm³/mol. The predicted octanol–water partition coefficient (Wildman–Crippen LogP) is 3.85. The molecule has 0 heterocycles. The Labute approximate surface area is 111 Å². The van der Waals surface area contributed by atoms with Gasteiger partial charge in [-0.05, 0) is 42.7 Å². The van der Waals surface area contributed by atoms with Crippen LogP contribution in [0.4, 0.5) is 4.39 Å². The number of hydrogen-bond acceptors (Lipinski definition) is 1. The van der Waals surface area contributed by atoms with Gasteiger partial charge >= 0.3 is 5.97 Å². The van der Waals surface area contributed by atoms with Gasteiger partial charge < -0.3 is 5.11 Å². The van der Waals surface area contributed by atoms with Crippen LogP contribution in [0.5, 0.6) is 0 Å². The highest BCUT2D eigenvalue weighted by Gasteiger charge is 2.29. The number of aliphatic carboxylic acids is 1. The van der Waals surface area contributed by atoms with Crippen LogP contribution in [-0.4, -0.2) is 11.1 Å². The van der Waals surface area contributed by atoms with E-state index >= 15 is 0 Å². The molecule has 0 bridgehead atoms. The quantitative estimate of drug-likeness (QED) is 0.907. The van der Waals surface area contributed by atoms with E-state index in [0.29, 0.717) is 0 Å². The van der Waals surface area contributed by atoms with Gasteiger partial charge in [-0.1, -0.05) is 36.4 Å². The third-order valence-corrected chi connectivity index (χ3v) is 3.30. The van der Waals surface area contributed by atoms with Gasteiger partial charge in [0.15, 0.2) is 0 Å². The fourth-order valence-corrected chi connectivity index (χ4v) is 1.85. The lowest BCUT2D eigenvalue weighted by Gasteiger charge is -2.20. The molecule has 2 rings (SSSR count). The molecule has 98 valence electrons. The summed E-state index contributed by atoms with van der Waals surface area (Å²) in [4.78, 5) is 11.3. The van der Waals surface area contributed by atoms with Crippen molar-refractivity contribution in [1.82, 2.24) is 0 Å². The molecular formula is C16H15FO2. The SMILES string of the molecule is CC(C)(C(=O)O)c1cccc(-c2ccc(F)cc2)c1. The molecule has 0 radical (unpaired) electrons. The summed E-state index contributed by atoms with van der Waals surface area (Å²) in [6, 6.07) is 13.5. The molecule has 0 saturated heterocycles. The maximum atomic E-state index is 12.9. The van der Waals surface area contributed by atoms with E-state index in [-0.39, 0.29) is 5.82 Å². The number of halogens is 1. The molecule has 0 aliphatic carbocycles. The number of hydrogen-bond donors (Lipinski definition) is 1. The first-order valence-corrected chi connectivity index (χ1v) is 6.01. The van der Waals surface area contributed by atoms with Gasteiger partial charge in [-0.25, -0.2) is 4.39 Å². The molecule has 1 N–H and O–H groups in total. The van der Waals surface area contributed by atoms with Crippen LogP contribution in [0.3, 0.4) is 0 Å². The van der Waals surface area contributed by atoms with Gasteiger partial charge in [0.1, 0.15) is 5.82 Å². The molecule has 0 aromatic heterocycles. The van der Waals surface area contributed by atoms with Crippen LogP contribution >= 0.6 is 0 Å². The van der Waals surface area contributed by atoms with Crippen molar-refractivity contribution in [2.75, 3.05) is 0 Å². The Morgan fingerprint density at radius 3 is 2.26 bits per heavy atom. The lowest BCUT2D eigenvalue weighted by molar-refractivity contribution is -0.142. The van der Waals surface area contributed by atoms with E-state index in [1.165, 1.54) is 12.1 Å². The Hall–Kier alpha value is -2.16. The number of benzene rings is 2. The van der Waals surface area contributed by atoms with E-state index in [1.54, 1.807) is 32.0 Å². The van der Waals surface area contributed by atoms with Crippen LogP contribution in [0.15, 0.2) is 48.5 Å². The normalized spacial score (nSPS) is 11.3. The van der Waals surface area contributed by atoms with Crippen LogP contribution in [0.2, 0.25) is 0 Å². The van der Waals surface area contributed by atoms with Crippen LogP contribution in [0, 0.1) is 5.82 Å². The smallest absolute Gasteiger partial charge is 0.313 e. The minimum absolute atomic E-state index is 0.286. The van der Waals surface area contributed by atoms with Crippen molar-refractivity contribution in [3.63, 3.8) is 0 Å². The van der Waals surface area contributed by atoms with Crippen molar-refractivity contribution in [3.05, 3.63) is 59.9 Å². The first-order valence-electron chi connectivity index (χ1n) is 6.01. The van der Waals surface area contributed by atoms with E-state index in [2.05, 4.69) is 0 Å². The van der Waals surface area contributed by atoms with E-state index in [9.17, 15) is 14.3 Å². The van der Waals surface area contributed by atoms with Gasteiger partial charge in [-0.2, -0.15) is 0 Å². The summed E-state index contributed by atoms with van der Waals surface area (Å²) in [6.45, 7) is 3.33. The number of carboxylic acid groups (broad SMARTS) is 1. The van der Waals surface area contributed by atoms with E-state index in [0.717, 1.165) is 16.7 Å². The number of rotatable bonds is 3. The van der Waals surface area contributed by atoms with Gasteiger partial charge in [0.2, 0.25) is 0 Å². The van der Waals surface area contributed by atoms with Crippen LogP contribution < -0.4 is 0 Å². The molecule has 0 atom stereocenters. The van der Waals surface area contributed by atoms with Gasteiger partial charge in [-0.3, -0.25) is 4.79 Å². The molecule has 0 fully saturated rings. The molecular weight excluding hydrogens is 243 g/mol. The summed E-state index contributed by atoms with van der Waals surface area (Å²) in [7, 11) is 0. The van der Waals surface area contributed by atoms with Gasteiger partial charge in [0, 0.05) is 0 Å². The zero-order valence-electron chi connectivity index (χ0n) is 10.9. The van der Waals surface area contributed by atoms with Crippen molar-refractivity contribution < 1.29 is 14.3 Å². The number of carbonyl (C=O) groups is 1. The highest BCUT2D eigenvalue weighted by molar-refractivity contribution is 5.81. The van der Waals surface area contributed by atoms with Crippen molar-refractivity contribution in [2.45, 2.75) is 19.3 Å². The first kappa shape index (κ1) is 13.3. The molecule has 2 aromatic rings. The van der Waals surface area contributed by atoms with Crippen molar-refractivity contribution >= 4 is 5.97 Å². The Balaban J connectivity index is 2.45. The third-order valence-electron chi connectivity index (χ3n) is 3.30. The maximum Gasteiger partial charge on any atom is 0.313 e. The zero-order valence-corrected chi connectivity index (χ0v) is 10.9. The Bertz CT molecular complexity index is 600. The Morgan fingerprint density at radius 1 is 1.05 bits per heavy atom. The largest absolute Gasteiger partial charge is 0.481 e. The summed E-state index contributed by atoms with van der Waals surface area (Å²) in [5.41, 5.74) is 1.52. The summed E-state index contributed by atoms with van der Waals surface area (Å²) in [6.07, 6.45) is 0. The maximum absolute atomic E-state index is 12.9. The summed E-state index contributed by atoms with van der Waals surface area (Å²) >= 11 is 0. The second kappa shape index (κ2) is 4.84. The van der Waals surface area contributed by atoms with Crippen molar-refractivity contribution in [2.24, 2.45) is 0 Å². The second-order valence-corrected chi connectivity index (χ2v) is 5.02. The number of carboxylic acids is 1. The fraction of sp³-hybridized carbons (Fsp3) is 0.188. The van der Waals surface area contributed by atoms with Crippen LogP contribution in [0.25, 0.3) is 11.1 Å². The minimum atomic E-state index is -0.948. The monoisotopic (exact) mass is 258 g/mol. The van der Waals surface area contributed by atoms with Gasteiger partial charge in [-0.15, -0.1) is 0 Å². The average Bonchev–Trinajstić information content (AvgIpc) is 2.39. The van der Waals surface area contributed by atoms with Gasteiger partial charge in [0.25, 0.3) is 0 Å². The molecule has 0 aliphatic heterocycles. The summed E-state index contributed by atoms with van der Waals surface area (Å²) in [5.74, 6) is -1.16. The minimum Gasteiger partial charge on any atom is -0.481 e. The van der Waals surface area contributed by atoms with Crippen molar-refractivity contribution in [1.29, 1.82) is 0 Å². The first-order chi connectivity index (χ1) is 8.91. The molecule has 0 amide bonds. The highest BCUT2D eigenvalue weighted by Crippen LogP contribution is 2.28.